The molecule has 0 spiro atoms. The number of fused-ring (bicyclic) bond motifs is 12. The van der Waals surface area contributed by atoms with Crippen molar-refractivity contribution in [1.82, 2.24) is 29.9 Å². The van der Waals surface area contributed by atoms with Gasteiger partial charge in [-0.1, -0.05) is 413 Å². The van der Waals surface area contributed by atoms with Crippen molar-refractivity contribution >= 4 is 126 Å². The number of hydrogen-bond donors (Lipinski definition) is 0. The second kappa shape index (κ2) is 34.8. The van der Waals surface area contributed by atoms with E-state index in [2.05, 4.69) is 443 Å². The molecule has 0 saturated carbocycles. The smallest absolute Gasteiger partial charge is 0.161 e. The predicted molar refractivity (Wildman–Crippen MR) is 554 cm³/mol. The van der Waals surface area contributed by atoms with Crippen molar-refractivity contribution in [3.05, 3.63) is 461 Å². The van der Waals surface area contributed by atoms with Crippen molar-refractivity contribution in [2.45, 2.75) is 0 Å². The zero-order valence-electron chi connectivity index (χ0n) is 70.2. The van der Waals surface area contributed by atoms with E-state index >= 15 is 0 Å². The molecule has 7 aromatic heterocycles. The molecule has 0 bridgehead atoms. The minimum atomic E-state index is 0.741. The average molecular weight is 1730 g/mol. The third kappa shape index (κ3) is 15.6. The number of hydrogen-bond acceptors (Lipinski definition) is 10. The van der Waals surface area contributed by atoms with E-state index < -0.39 is 0 Å². The first-order valence-electron chi connectivity index (χ1n) is 43.5. The number of rotatable bonds is 14. The topological polar surface area (TPSA) is 77.3 Å². The normalized spacial score (nSPS) is 11.4. The van der Waals surface area contributed by atoms with E-state index in [9.17, 15) is 0 Å². The summed E-state index contributed by atoms with van der Waals surface area (Å²) in [7, 11) is 0. The SMILES string of the molecule is c1ccc(-c2ccc(-c3cccc(-c4nc(-c5ccc(-c6ccccc6)cc5)nc5sc6ccccc6c45)c3)cc2)cc1.c1ccc(-c2ccc(-c3nc(-c4cccc(-c5cccc(-c6ccccc6)c5)c4)c4c(n3)sc3ccccc34)cc2)cc1.c1ccc(-c2ccc(-c3nc(-c4cccc(-c5cccc6c5sc5ccccc56)c4)c4c(n3)sc3ccccc34)cc2)cc1. The van der Waals surface area contributed by atoms with Gasteiger partial charge in [-0.2, -0.15) is 0 Å². The highest BCUT2D eigenvalue weighted by Crippen LogP contribution is 2.47. The van der Waals surface area contributed by atoms with Crippen LogP contribution in [0.3, 0.4) is 0 Å². The largest absolute Gasteiger partial charge is 0.227 e. The standard InChI is InChI=1S/C40H24N2S2.2C40H26N2S/c1-2-10-25(11-3-1)26-20-22-27(23-21-26)39-41-37(36-33-15-5-7-19-35(33)44-40(36)42-39)29-13-8-12-28(24-29)30-16-9-17-32-31-14-4-6-18-34(31)43-38(30)32;1-3-11-27(12-4-1)29-21-23-30(24-22-29)39-41-38(37-35-19-7-8-20-36(35)43-40(37)42-39)34-18-10-17-33(26-34)32-16-9-15-31(25-32)28-13-5-2-6-14-28;1-3-10-27(11-4-1)29-18-20-31(21-19-29)33-14-9-15-34(26-33)38-37-35-16-7-8-17-36(35)43-40(37)42-39(41-38)32-24-22-30(23-25-32)28-12-5-2-6-13-28/h1-24H;2*1-26H. The van der Waals surface area contributed by atoms with Crippen LogP contribution in [0.25, 0.3) is 238 Å². The molecule has 25 aromatic rings. The van der Waals surface area contributed by atoms with Crippen molar-refractivity contribution in [3.63, 3.8) is 0 Å². The van der Waals surface area contributed by atoms with Gasteiger partial charge in [-0.15, -0.1) is 45.3 Å². The molecule has 6 nitrogen and oxygen atoms in total. The van der Waals surface area contributed by atoms with Gasteiger partial charge in [0.25, 0.3) is 0 Å². The summed E-state index contributed by atoms with van der Waals surface area (Å²) in [6, 6.07) is 163. The molecule has 0 saturated heterocycles. The zero-order chi connectivity index (χ0) is 86.2. The Hall–Kier alpha value is -15.9. The summed E-state index contributed by atoms with van der Waals surface area (Å²) in [6.07, 6.45) is 0. The number of aromatic nitrogens is 6. The van der Waals surface area contributed by atoms with Gasteiger partial charge in [0.15, 0.2) is 17.5 Å². The van der Waals surface area contributed by atoms with Gasteiger partial charge in [0.1, 0.15) is 14.5 Å². The van der Waals surface area contributed by atoms with Gasteiger partial charge in [0.05, 0.1) is 17.1 Å². The van der Waals surface area contributed by atoms with Crippen LogP contribution in [0.2, 0.25) is 0 Å². The van der Waals surface area contributed by atoms with Gasteiger partial charge < -0.3 is 0 Å². The summed E-state index contributed by atoms with van der Waals surface area (Å²) < 4.78 is 6.30. The summed E-state index contributed by atoms with van der Waals surface area (Å²) >= 11 is 7.06. The molecule has 0 fully saturated rings. The molecule has 0 atom stereocenters. The summed E-state index contributed by atoms with van der Waals surface area (Å²) in [5, 5.41) is 9.56. The molecule has 25 rings (SSSR count). The molecule has 0 aliphatic carbocycles. The van der Waals surface area contributed by atoms with Gasteiger partial charge in [-0.3, -0.25) is 0 Å². The first-order valence-corrected chi connectivity index (χ1v) is 46.8. The lowest BCUT2D eigenvalue weighted by molar-refractivity contribution is 1.24. The molecule has 0 radical (unpaired) electrons. The monoisotopic (exact) mass is 1730 g/mol. The molecule has 0 aliphatic heterocycles. The second-order valence-electron chi connectivity index (χ2n) is 32.3. The van der Waals surface area contributed by atoms with Gasteiger partial charge in [-0.25, -0.2) is 29.9 Å². The number of thiophene rings is 4. The Kier molecular flexibility index (Phi) is 21.1. The fraction of sp³-hybridized carbons (Fsp3) is 0. The Morgan fingerprint density at radius 2 is 0.354 bits per heavy atom. The van der Waals surface area contributed by atoms with Gasteiger partial charge in [-0.05, 0) is 138 Å². The molecule has 0 unspecified atom stereocenters. The predicted octanol–water partition coefficient (Wildman–Crippen LogP) is 34.2. The van der Waals surface area contributed by atoms with Crippen molar-refractivity contribution in [1.29, 1.82) is 0 Å². The van der Waals surface area contributed by atoms with Crippen molar-refractivity contribution in [3.8, 4) is 157 Å². The van der Waals surface area contributed by atoms with E-state index in [1.54, 1.807) is 34.0 Å². The van der Waals surface area contributed by atoms with Gasteiger partial charge in [0.2, 0.25) is 0 Å². The maximum Gasteiger partial charge on any atom is 0.161 e. The van der Waals surface area contributed by atoms with Crippen LogP contribution in [0, 0.1) is 0 Å². The highest BCUT2D eigenvalue weighted by molar-refractivity contribution is 7.27. The first kappa shape index (κ1) is 78.8. The fourth-order valence-electron chi connectivity index (χ4n) is 17.7. The Morgan fingerprint density at radius 1 is 0.138 bits per heavy atom. The van der Waals surface area contributed by atoms with Crippen LogP contribution in [0.1, 0.15) is 0 Å². The highest BCUT2D eigenvalue weighted by Gasteiger charge is 2.23. The highest BCUT2D eigenvalue weighted by atomic mass is 32.1. The zero-order valence-corrected chi connectivity index (χ0v) is 73.5. The van der Waals surface area contributed by atoms with Crippen molar-refractivity contribution in [2.75, 3.05) is 0 Å². The Labute approximate surface area is 768 Å². The molecule has 7 heterocycles. The summed E-state index contributed by atoms with van der Waals surface area (Å²) in [5.41, 5.74) is 28.3. The lowest BCUT2D eigenvalue weighted by Gasteiger charge is -2.11. The molecular formula is C120H76N6S4. The molecule has 18 aromatic carbocycles. The lowest BCUT2D eigenvalue weighted by Crippen LogP contribution is -1.94. The Bertz CT molecular complexity index is 8490. The van der Waals surface area contributed by atoms with E-state index in [4.69, 9.17) is 29.9 Å². The van der Waals surface area contributed by atoms with Gasteiger partial charge in [0, 0.05) is 100.0 Å². The van der Waals surface area contributed by atoms with Crippen molar-refractivity contribution in [2.24, 2.45) is 0 Å². The minimum Gasteiger partial charge on any atom is -0.227 e. The molecule has 610 valence electrons. The molecule has 0 N–H and O–H groups in total. The van der Waals surface area contributed by atoms with Crippen molar-refractivity contribution < 1.29 is 0 Å². The maximum absolute atomic E-state index is 5.30. The van der Waals surface area contributed by atoms with E-state index in [0.717, 1.165) is 110 Å². The van der Waals surface area contributed by atoms with E-state index in [0.29, 0.717) is 0 Å². The van der Waals surface area contributed by atoms with Crippen LogP contribution >= 0.6 is 45.3 Å². The second-order valence-corrected chi connectivity index (χ2v) is 36.4. The molecule has 10 heteroatoms. The summed E-state index contributed by atoms with van der Waals surface area (Å²) in [5.74, 6) is 2.23. The number of nitrogens with zero attached hydrogens (tertiary/aromatic N) is 6. The molecular weight excluding hydrogens is 1650 g/mol. The Balaban J connectivity index is 0.000000111. The average Bonchev–Trinajstić information content (AvgIpc) is 1.60. The van der Waals surface area contributed by atoms with Crippen LogP contribution in [0.5, 0.6) is 0 Å². The quantitative estimate of drug-likeness (QED) is 0.108. The van der Waals surface area contributed by atoms with Crippen LogP contribution in [0.4, 0.5) is 0 Å². The van der Waals surface area contributed by atoms with Crippen LogP contribution < -0.4 is 0 Å². The molecule has 130 heavy (non-hydrogen) atoms. The Morgan fingerprint density at radius 3 is 0.692 bits per heavy atom. The maximum atomic E-state index is 5.30. The van der Waals surface area contributed by atoms with Crippen LogP contribution in [-0.2, 0) is 0 Å². The number of benzene rings is 18. The summed E-state index contributed by atoms with van der Waals surface area (Å²) in [4.78, 5) is 34.2. The first-order chi connectivity index (χ1) is 64.4. The lowest BCUT2D eigenvalue weighted by atomic mass is 9.96. The van der Waals surface area contributed by atoms with Crippen LogP contribution in [0.15, 0.2) is 461 Å². The molecule has 0 aliphatic rings. The van der Waals surface area contributed by atoms with E-state index in [-0.39, 0.29) is 0 Å². The third-order valence-electron chi connectivity index (χ3n) is 24.2. The van der Waals surface area contributed by atoms with E-state index in [1.807, 2.05) is 29.5 Å². The van der Waals surface area contributed by atoms with Gasteiger partial charge >= 0.3 is 0 Å². The fourth-order valence-corrected chi connectivity index (χ4v) is 22.2. The molecule has 0 amide bonds. The summed E-state index contributed by atoms with van der Waals surface area (Å²) in [6.45, 7) is 0. The van der Waals surface area contributed by atoms with Crippen LogP contribution in [-0.4, -0.2) is 29.9 Å². The minimum absolute atomic E-state index is 0.741. The third-order valence-corrected chi connectivity index (χ3v) is 28.6. The van der Waals surface area contributed by atoms with E-state index in [1.165, 1.54) is 128 Å².